The molecule has 0 aromatic carbocycles. The molecular formula is C15H30N2O. The Labute approximate surface area is 112 Å². The fourth-order valence-electron chi connectivity index (χ4n) is 2.85. The quantitative estimate of drug-likeness (QED) is 0.686. The second kappa shape index (κ2) is 7.78. The van der Waals surface area contributed by atoms with E-state index in [-0.39, 0.29) is 11.4 Å². The minimum absolute atomic E-state index is 0.0698. The highest BCUT2D eigenvalue weighted by molar-refractivity contribution is 5.77. The standard InChI is InChI=1S/C15H30N2O/c1-13(2)8-7-11-17-14(18)12-15(16-3)9-5-4-6-10-15/h13,16H,4-12H2,1-3H3,(H,17,18). The van der Waals surface area contributed by atoms with E-state index in [0.29, 0.717) is 6.42 Å². The van der Waals surface area contributed by atoms with Crippen molar-refractivity contribution in [2.75, 3.05) is 13.6 Å². The zero-order valence-electron chi connectivity index (χ0n) is 12.3. The number of carbonyl (C=O) groups is 1. The number of carbonyl (C=O) groups excluding carboxylic acids is 1. The van der Waals surface area contributed by atoms with Crippen molar-refractivity contribution in [1.82, 2.24) is 10.6 Å². The van der Waals surface area contributed by atoms with Crippen LogP contribution >= 0.6 is 0 Å². The van der Waals surface area contributed by atoms with Crippen LogP contribution in [0.1, 0.15) is 65.2 Å². The van der Waals surface area contributed by atoms with E-state index in [1.54, 1.807) is 0 Å². The Hall–Kier alpha value is -0.570. The van der Waals surface area contributed by atoms with Crippen LogP contribution in [0.5, 0.6) is 0 Å². The molecule has 0 aromatic rings. The average Bonchev–Trinajstić information content (AvgIpc) is 2.35. The summed E-state index contributed by atoms with van der Waals surface area (Å²) in [7, 11) is 2.00. The van der Waals surface area contributed by atoms with Gasteiger partial charge in [-0.05, 0) is 38.6 Å². The molecule has 18 heavy (non-hydrogen) atoms. The van der Waals surface area contributed by atoms with Crippen LogP contribution in [0, 0.1) is 5.92 Å². The molecule has 1 fully saturated rings. The van der Waals surface area contributed by atoms with Crippen molar-refractivity contribution in [3.8, 4) is 0 Å². The molecule has 1 amide bonds. The van der Waals surface area contributed by atoms with Gasteiger partial charge in [0, 0.05) is 18.5 Å². The fraction of sp³-hybridized carbons (Fsp3) is 0.933. The van der Waals surface area contributed by atoms with Crippen molar-refractivity contribution < 1.29 is 4.79 Å². The van der Waals surface area contributed by atoms with E-state index in [1.165, 1.54) is 25.7 Å². The van der Waals surface area contributed by atoms with Crippen LogP contribution in [0.25, 0.3) is 0 Å². The van der Waals surface area contributed by atoms with Gasteiger partial charge in [0.2, 0.25) is 5.91 Å². The van der Waals surface area contributed by atoms with Crippen molar-refractivity contribution in [1.29, 1.82) is 0 Å². The molecule has 3 nitrogen and oxygen atoms in total. The molecule has 1 saturated carbocycles. The Kier molecular flexibility index (Phi) is 6.69. The zero-order chi connectivity index (χ0) is 13.4. The molecule has 0 aliphatic heterocycles. The van der Waals surface area contributed by atoms with Gasteiger partial charge in [0.05, 0.1) is 0 Å². The molecule has 1 aliphatic carbocycles. The lowest BCUT2D eigenvalue weighted by atomic mass is 9.79. The molecule has 0 unspecified atom stereocenters. The Morgan fingerprint density at radius 2 is 1.89 bits per heavy atom. The van der Waals surface area contributed by atoms with Crippen molar-refractivity contribution in [2.45, 2.75) is 70.8 Å². The summed E-state index contributed by atoms with van der Waals surface area (Å²) in [5.74, 6) is 0.943. The molecule has 0 bridgehead atoms. The lowest BCUT2D eigenvalue weighted by molar-refractivity contribution is -0.122. The second-order valence-electron chi connectivity index (χ2n) is 6.15. The third-order valence-corrected chi connectivity index (χ3v) is 4.12. The highest BCUT2D eigenvalue weighted by Crippen LogP contribution is 2.30. The minimum Gasteiger partial charge on any atom is -0.356 e. The number of hydrogen-bond acceptors (Lipinski definition) is 2. The molecule has 0 heterocycles. The number of rotatable bonds is 7. The zero-order valence-corrected chi connectivity index (χ0v) is 12.3. The normalized spacial score (nSPS) is 18.9. The summed E-state index contributed by atoms with van der Waals surface area (Å²) >= 11 is 0. The summed E-state index contributed by atoms with van der Waals surface area (Å²) in [6.45, 7) is 5.27. The van der Waals surface area contributed by atoms with Crippen molar-refractivity contribution in [2.24, 2.45) is 5.92 Å². The monoisotopic (exact) mass is 254 g/mol. The van der Waals surface area contributed by atoms with E-state index in [2.05, 4.69) is 24.5 Å². The van der Waals surface area contributed by atoms with Gasteiger partial charge in [-0.25, -0.2) is 0 Å². The fourth-order valence-corrected chi connectivity index (χ4v) is 2.85. The molecule has 0 aromatic heterocycles. The highest BCUT2D eigenvalue weighted by atomic mass is 16.1. The summed E-state index contributed by atoms with van der Waals surface area (Å²) in [6, 6.07) is 0. The van der Waals surface area contributed by atoms with E-state index >= 15 is 0 Å². The summed E-state index contributed by atoms with van der Waals surface area (Å²) in [5, 5.41) is 6.46. The Morgan fingerprint density at radius 1 is 1.22 bits per heavy atom. The van der Waals surface area contributed by atoms with Crippen molar-refractivity contribution >= 4 is 5.91 Å². The smallest absolute Gasteiger partial charge is 0.221 e. The highest BCUT2D eigenvalue weighted by Gasteiger charge is 2.32. The molecule has 0 radical (unpaired) electrons. The van der Waals surface area contributed by atoms with E-state index in [0.717, 1.165) is 31.7 Å². The maximum Gasteiger partial charge on any atom is 0.221 e. The molecule has 1 aliphatic rings. The van der Waals surface area contributed by atoms with Gasteiger partial charge < -0.3 is 10.6 Å². The largest absolute Gasteiger partial charge is 0.356 e. The maximum absolute atomic E-state index is 12.0. The van der Waals surface area contributed by atoms with E-state index in [4.69, 9.17) is 0 Å². The lowest BCUT2D eigenvalue weighted by Crippen LogP contribution is -2.48. The first-order valence-corrected chi connectivity index (χ1v) is 7.53. The van der Waals surface area contributed by atoms with Crippen LogP contribution in [0.2, 0.25) is 0 Å². The molecule has 106 valence electrons. The third-order valence-electron chi connectivity index (χ3n) is 4.12. The van der Waals surface area contributed by atoms with Crippen LogP contribution < -0.4 is 10.6 Å². The van der Waals surface area contributed by atoms with E-state index < -0.39 is 0 Å². The van der Waals surface area contributed by atoms with E-state index in [1.807, 2.05) is 7.05 Å². The van der Waals surface area contributed by atoms with Gasteiger partial charge in [-0.15, -0.1) is 0 Å². The van der Waals surface area contributed by atoms with Gasteiger partial charge in [-0.1, -0.05) is 33.1 Å². The van der Waals surface area contributed by atoms with Crippen molar-refractivity contribution in [3.05, 3.63) is 0 Å². The van der Waals surface area contributed by atoms with Gasteiger partial charge in [0.1, 0.15) is 0 Å². The van der Waals surface area contributed by atoms with Crippen molar-refractivity contribution in [3.63, 3.8) is 0 Å². The molecule has 0 saturated heterocycles. The predicted molar refractivity (Wildman–Crippen MR) is 76.6 cm³/mol. The predicted octanol–water partition coefficient (Wildman–Crippen LogP) is 2.85. The first-order chi connectivity index (χ1) is 8.58. The summed E-state index contributed by atoms with van der Waals surface area (Å²) in [6.07, 6.45) is 9.03. The minimum atomic E-state index is 0.0698. The lowest BCUT2D eigenvalue weighted by Gasteiger charge is -2.36. The first-order valence-electron chi connectivity index (χ1n) is 7.53. The van der Waals surface area contributed by atoms with Gasteiger partial charge in [0.25, 0.3) is 0 Å². The van der Waals surface area contributed by atoms with Crippen LogP contribution in [0.3, 0.4) is 0 Å². The molecule has 3 heteroatoms. The molecular weight excluding hydrogens is 224 g/mol. The summed E-state index contributed by atoms with van der Waals surface area (Å²) in [5.41, 5.74) is 0.0698. The molecule has 0 atom stereocenters. The van der Waals surface area contributed by atoms with Gasteiger partial charge in [-0.2, -0.15) is 0 Å². The first kappa shape index (κ1) is 15.5. The molecule has 2 N–H and O–H groups in total. The average molecular weight is 254 g/mol. The van der Waals surface area contributed by atoms with Gasteiger partial charge in [0.15, 0.2) is 0 Å². The van der Waals surface area contributed by atoms with Gasteiger partial charge in [-0.3, -0.25) is 4.79 Å². The Balaban J connectivity index is 2.25. The Bertz CT molecular complexity index is 245. The van der Waals surface area contributed by atoms with Crippen LogP contribution in [-0.4, -0.2) is 25.0 Å². The number of nitrogens with one attached hydrogen (secondary N) is 2. The summed E-state index contributed by atoms with van der Waals surface area (Å²) < 4.78 is 0. The Morgan fingerprint density at radius 3 is 2.44 bits per heavy atom. The third kappa shape index (κ3) is 5.38. The number of hydrogen-bond donors (Lipinski definition) is 2. The summed E-state index contributed by atoms with van der Waals surface area (Å²) in [4.78, 5) is 12.0. The maximum atomic E-state index is 12.0. The topological polar surface area (TPSA) is 41.1 Å². The van der Waals surface area contributed by atoms with Gasteiger partial charge >= 0.3 is 0 Å². The van der Waals surface area contributed by atoms with Crippen LogP contribution in [0.4, 0.5) is 0 Å². The molecule has 0 spiro atoms. The van der Waals surface area contributed by atoms with Crippen LogP contribution in [0.15, 0.2) is 0 Å². The van der Waals surface area contributed by atoms with Crippen LogP contribution in [-0.2, 0) is 4.79 Å². The second-order valence-corrected chi connectivity index (χ2v) is 6.15. The SMILES string of the molecule is CNC1(CC(=O)NCCCC(C)C)CCCCC1. The molecule has 1 rings (SSSR count). The number of amides is 1. The van der Waals surface area contributed by atoms with E-state index in [9.17, 15) is 4.79 Å².